The molecule has 1 saturated carbocycles. The Balaban J connectivity index is 1.88. The normalized spacial score (nSPS) is 16.1. The Morgan fingerprint density at radius 1 is 1.09 bits per heavy atom. The van der Waals surface area contributed by atoms with Gasteiger partial charge in [-0.3, -0.25) is 4.57 Å². The molecule has 0 aliphatic heterocycles. The van der Waals surface area contributed by atoms with Gasteiger partial charge in [0, 0.05) is 12.2 Å². The summed E-state index contributed by atoms with van der Waals surface area (Å²) in [6.45, 7) is 5.52. The lowest BCUT2D eigenvalue weighted by atomic mass is 10.1. The second kappa shape index (κ2) is 8.71. The summed E-state index contributed by atoms with van der Waals surface area (Å²) in [5.41, 5.74) is 2.11. The van der Waals surface area contributed by atoms with E-state index in [1.165, 1.54) is 25.7 Å². The maximum atomic E-state index is 12.5. The Morgan fingerprint density at radius 3 is 2.23 bits per heavy atom. The largest absolute Gasteiger partial charge is 0.385 e. The first kappa shape index (κ1) is 17.5. The molecule has 1 aliphatic rings. The SMILES string of the molecule is CCOP(=O)(Cc1ccc(NCC2CCCC2)cc1)OCC. The fourth-order valence-corrected chi connectivity index (χ4v) is 4.65. The topological polar surface area (TPSA) is 47.6 Å². The van der Waals surface area contributed by atoms with Gasteiger partial charge in [0.05, 0.1) is 19.4 Å². The molecule has 0 unspecified atom stereocenters. The molecule has 22 heavy (non-hydrogen) atoms. The minimum absolute atomic E-state index is 0.331. The van der Waals surface area contributed by atoms with Crippen molar-refractivity contribution in [3.05, 3.63) is 29.8 Å². The third kappa shape index (κ3) is 5.42. The highest BCUT2D eigenvalue weighted by Crippen LogP contribution is 2.51. The first-order valence-electron chi connectivity index (χ1n) is 8.36. The highest BCUT2D eigenvalue weighted by atomic mass is 31.2. The molecule has 124 valence electrons. The van der Waals surface area contributed by atoms with E-state index in [2.05, 4.69) is 5.32 Å². The van der Waals surface area contributed by atoms with Crippen LogP contribution >= 0.6 is 7.60 Å². The zero-order valence-corrected chi connectivity index (χ0v) is 14.6. The molecule has 4 nitrogen and oxygen atoms in total. The van der Waals surface area contributed by atoms with Gasteiger partial charge in [-0.05, 0) is 50.3 Å². The molecule has 0 saturated heterocycles. The van der Waals surface area contributed by atoms with Gasteiger partial charge in [0.2, 0.25) is 0 Å². The zero-order chi connectivity index (χ0) is 15.8. The van der Waals surface area contributed by atoms with Gasteiger partial charge in [-0.1, -0.05) is 25.0 Å². The van der Waals surface area contributed by atoms with Crippen LogP contribution in [-0.4, -0.2) is 19.8 Å². The summed E-state index contributed by atoms with van der Waals surface area (Å²) >= 11 is 0. The monoisotopic (exact) mass is 325 g/mol. The van der Waals surface area contributed by atoms with Crippen LogP contribution < -0.4 is 5.32 Å². The van der Waals surface area contributed by atoms with Crippen LogP contribution in [0.4, 0.5) is 5.69 Å². The van der Waals surface area contributed by atoms with E-state index < -0.39 is 7.60 Å². The van der Waals surface area contributed by atoms with E-state index in [1.54, 1.807) is 0 Å². The number of anilines is 1. The Hall–Kier alpha value is -0.830. The van der Waals surface area contributed by atoms with Crippen molar-refractivity contribution < 1.29 is 13.6 Å². The quantitative estimate of drug-likeness (QED) is 0.645. The molecule has 1 aromatic rings. The zero-order valence-electron chi connectivity index (χ0n) is 13.7. The van der Waals surface area contributed by atoms with Crippen molar-refractivity contribution >= 4 is 13.3 Å². The van der Waals surface area contributed by atoms with Gasteiger partial charge >= 0.3 is 7.60 Å². The van der Waals surface area contributed by atoms with Crippen LogP contribution in [0.2, 0.25) is 0 Å². The predicted octanol–water partition coefficient (Wildman–Crippen LogP) is 5.05. The van der Waals surface area contributed by atoms with E-state index >= 15 is 0 Å². The summed E-state index contributed by atoms with van der Waals surface area (Å²) < 4.78 is 23.2. The standard InChI is InChI=1S/C17H28NO3P/c1-3-20-22(19,21-4-2)14-16-9-11-17(12-10-16)18-13-15-7-5-6-8-15/h9-12,15,18H,3-8,13-14H2,1-2H3. The minimum Gasteiger partial charge on any atom is -0.385 e. The summed E-state index contributed by atoms with van der Waals surface area (Å²) in [5.74, 6) is 0.816. The molecule has 0 atom stereocenters. The smallest absolute Gasteiger partial charge is 0.335 e. The summed E-state index contributed by atoms with van der Waals surface area (Å²) in [6.07, 6.45) is 5.76. The number of nitrogens with one attached hydrogen (secondary N) is 1. The predicted molar refractivity (Wildman–Crippen MR) is 91.5 cm³/mol. The molecule has 0 bridgehead atoms. The molecule has 0 amide bonds. The molecule has 1 aromatic carbocycles. The van der Waals surface area contributed by atoms with E-state index in [1.807, 2.05) is 38.1 Å². The highest BCUT2D eigenvalue weighted by Gasteiger charge is 2.23. The third-order valence-electron chi connectivity index (χ3n) is 4.05. The van der Waals surface area contributed by atoms with E-state index in [9.17, 15) is 4.57 Å². The maximum absolute atomic E-state index is 12.5. The second-order valence-corrected chi connectivity index (χ2v) is 7.89. The van der Waals surface area contributed by atoms with E-state index in [-0.39, 0.29) is 0 Å². The first-order valence-corrected chi connectivity index (χ1v) is 10.1. The molecule has 1 fully saturated rings. The van der Waals surface area contributed by atoms with Crippen LogP contribution in [-0.2, 0) is 19.8 Å². The molecule has 0 heterocycles. The molecule has 5 heteroatoms. The van der Waals surface area contributed by atoms with E-state index in [0.717, 1.165) is 23.7 Å². The van der Waals surface area contributed by atoms with Gasteiger partial charge in [-0.15, -0.1) is 0 Å². The molecular formula is C17H28NO3P. The van der Waals surface area contributed by atoms with Crippen molar-refractivity contribution in [2.45, 2.75) is 45.7 Å². The Kier molecular flexibility index (Phi) is 6.94. The minimum atomic E-state index is -3.01. The van der Waals surface area contributed by atoms with Crippen LogP contribution in [0.1, 0.15) is 45.1 Å². The molecule has 1 N–H and O–H groups in total. The molecule has 0 aromatic heterocycles. The van der Waals surface area contributed by atoms with Crippen LogP contribution in [0.15, 0.2) is 24.3 Å². The van der Waals surface area contributed by atoms with Gasteiger partial charge in [-0.25, -0.2) is 0 Å². The lowest BCUT2D eigenvalue weighted by Crippen LogP contribution is -2.10. The lowest BCUT2D eigenvalue weighted by molar-refractivity contribution is 0.219. The van der Waals surface area contributed by atoms with E-state index in [4.69, 9.17) is 9.05 Å². The highest BCUT2D eigenvalue weighted by molar-refractivity contribution is 7.53. The molecule has 0 spiro atoms. The van der Waals surface area contributed by atoms with Gasteiger partial charge in [0.25, 0.3) is 0 Å². The number of benzene rings is 1. The van der Waals surface area contributed by atoms with E-state index in [0.29, 0.717) is 19.4 Å². The summed E-state index contributed by atoms with van der Waals surface area (Å²) in [4.78, 5) is 0. The Morgan fingerprint density at radius 2 is 1.68 bits per heavy atom. The van der Waals surface area contributed by atoms with Crippen LogP contribution in [0.5, 0.6) is 0 Å². The van der Waals surface area contributed by atoms with Gasteiger partial charge in [0.15, 0.2) is 0 Å². The molecule has 0 radical (unpaired) electrons. The molecule has 2 rings (SSSR count). The van der Waals surface area contributed by atoms with Crippen molar-refractivity contribution in [2.75, 3.05) is 25.1 Å². The number of rotatable bonds is 9. The Bertz CT molecular complexity index is 473. The lowest BCUT2D eigenvalue weighted by Gasteiger charge is -2.17. The molecular weight excluding hydrogens is 297 g/mol. The van der Waals surface area contributed by atoms with Crippen molar-refractivity contribution in [3.63, 3.8) is 0 Å². The number of hydrogen-bond acceptors (Lipinski definition) is 4. The first-order chi connectivity index (χ1) is 10.6. The Labute approximate surface area is 134 Å². The fourth-order valence-electron chi connectivity index (χ4n) is 2.95. The average Bonchev–Trinajstić information content (AvgIpc) is 3.00. The fraction of sp³-hybridized carbons (Fsp3) is 0.647. The van der Waals surface area contributed by atoms with Crippen molar-refractivity contribution in [3.8, 4) is 0 Å². The van der Waals surface area contributed by atoms with Crippen molar-refractivity contribution in [1.29, 1.82) is 0 Å². The van der Waals surface area contributed by atoms with Crippen LogP contribution in [0, 0.1) is 5.92 Å². The van der Waals surface area contributed by atoms with Gasteiger partial charge in [0.1, 0.15) is 0 Å². The summed E-state index contributed by atoms with van der Waals surface area (Å²) in [7, 11) is -3.01. The maximum Gasteiger partial charge on any atom is 0.335 e. The average molecular weight is 325 g/mol. The van der Waals surface area contributed by atoms with Crippen molar-refractivity contribution in [2.24, 2.45) is 5.92 Å². The van der Waals surface area contributed by atoms with Crippen molar-refractivity contribution in [1.82, 2.24) is 0 Å². The second-order valence-electron chi connectivity index (χ2n) is 5.83. The van der Waals surface area contributed by atoms with Crippen LogP contribution in [0.25, 0.3) is 0 Å². The van der Waals surface area contributed by atoms with Gasteiger partial charge < -0.3 is 14.4 Å². The third-order valence-corrected chi connectivity index (χ3v) is 6.11. The van der Waals surface area contributed by atoms with Crippen LogP contribution in [0.3, 0.4) is 0 Å². The number of hydrogen-bond donors (Lipinski definition) is 1. The molecule has 1 aliphatic carbocycles. The summed E-state index contributed by atoms with van der Waals surface area (Å²) in [6, 6.07) is 8.10. The summed E-state index contributed by atoms with van der Waals surface area (Å²) in [5, 5.41) is 3.50. The van der Waals surface area contributed by atoms with Gasteiger partial charge in [-0.2, -0.15) is 0 Å².